The molecule has 1 saturated carbocycles. The van der Waals surface area contributed by atoms with Crippen molar-refractivity contribution in [3.8, 4) is 0 Å². The van der Waals surface area contributed by atoms with Crippen LogP contribution in [0.4, 0.5) is 0 Å². The van der Waals surface area contributed by atoms with Gasteiger partial charge in [-0.3, -0.25) is 0 Å². The third-order valence-corrected chi connectivity index (χ3v) is 2.85. The summed E-state index contributed by atoms with van der Waals surface area (Å²) in [5.41, 5.74) is 5.57. The van der Waals surface area contributed by atoms with Gasteiger partial charge in [-0.25, -0.2) is 0 Å². The quantitative estimate of drug-likeness (QED) is 0.561. The molecule has 0 spiro atoms. The molecular formula is C9H19NO2. The lowest BCUT2D eigenvalue weighted by atomic mass is 9.76. The van der Waals surface area contributed by atoms with E-state index in [9.17, 15) is 0 Å². The number of aliphatic hydroxyl groups excluding tert-OH is 2. The van der Waals surface area contributed by atoms with Crippen molar-refractivity contribution in [2.75, 3.05) is 19.8 Å². The molecule has 0 aromatic rings. The number of hydrogen-bond acceptors (Lipinski definition) is 3. The molecule has 0 heterocycles. The maximum atomic E-state index is 9.00. The highest BCUT2D eigenvalue weighted by Gasteiger charge is 2.26. The Balaban J connectivity index is 2.41. The second-order valence-corrected chi connectivity index (χ2v) is 3.91. The summed E-state index contributed by atoms with van der Waals surface area (Å²) in [6, 6.07) is 0. The first-order valence-electron chi connectivity index (χ1n) is 4.71. The molecule has 0 aliphatic heterocycles. The molecule has 1 aliphatic rings. The van der Waals surface area contributed by atoms with Crippen LogP contribution in [-0.2, 0) is 0 Å². The van der Waals surface area contributed by atoms with Crippen molar-refractivity contribution in [3.05, 3.63) is 0 Å². The molecule has 3 nitrogen and oxygen atoms in total. The predicted octanol–water partition coefficient (Wildman–Crippen LogP) is -0.0378. The van der Waals surface area contributed by atoms with E-state index in [0.717, 1.165) is 19.3 Å². The third kappa shape index (κ3) is 2.44. The van der Waals surface area contributed by atoms with Crippen LogP contribution in [0, 0.1) is 17.8 Å². The zero-order valence-electron chi connectivity index (χ0n) is 7.45. The molecule has 2 atom stereocenters. The minimum atomic E-state index is 0.243. The highest BCUT2D eigenvalue weighted by Crippen LogP contribution is 2.32. The molecule has 0 radical (unpaired) electrons. The standard InChI is InChI=1S/C9H19NO2/c10-4-7-1-8(5-11)3-9(2-7)6-12/h7-9,11-12H,1-6,10H2/t8-,9-/m0/s1. The van der Waals surface area contributed by atoms with Gasteiger partial charge in [0.25, 0.3) is 0 Å². The summed E-state index contributed by atoms with van der Waals surface area (Å²) in [5, 5.41) is 18.0. The van der Waals surface area contributed by atoms with Gasteiger partial charge < -0.3 is 15.9 Å². The molecule has 3 heteroatoms. The highest BCUT2D eigenvalue weighted by atomic mass is 16.3. The van der Waals surface area contributed by atoms with E-state index in [4.69, 9.17) is 15.9 Å². The van der Waals surface area contributed by atoms with Gasteiger partial charge in [0.1, 0.15) is 0 Å². The molecule has 0 bridgehead atoms. The first-order chi connectivity index (χ1) is 5.80. The summed E-state index contributed by atoms with van der Waals surface area (Å²) < 4.78 is 0. The number of aliphatic hydroxyl groups is 2. The van der Waals surface area contributed by atoms with E-state index in [1.165, 1.54) is 0 Å². The smallest absolute Gasteiger partial charge is 0.0459 e. The van der Waals surface area contributed by atoms with Crippen molar-refractivity contribution >= 4 is 0 Å². The SMILES string of the molecule is NCC1C[C@H](CO)C[C@@H](CO)C1. The largest absolute Gasteiger partial charge is 0.396 e. The van der Waals surface area contributed by atoms with Crippen LogP contribution >= 0.6 is 0 Å². The van der Waals surface area contributed by atoms with Gasteiger partial charge in [0, 0.05) is 13.2 Å². The minimum absolute atomic E-state index is 0.243. The molecular weight excluding hydrogens is 154 g/mol. The van der Waals surface area contributed by atoms with Crippen LogP contribution in [0.5, 0.6) is 0 Å². The topological polar surface area (TPSA) is 66.5 Å². The van der Waals surface area contributed by atoms with Gasteiger partial charge >= 0.3 is 0 Å². The number of nitrogens with two attached hydrogens (primary N) is 1. The lowest BCUT2D eigenvalue weighted by molar-refractivity contribution is 0.0927. The normalized spacial score (nSPS) is 36.8. The summed E-state index contributed by atoms with van der Waals surface area (Å²) in [6.07, 6.45) is 3.02. The van der Waals surface area contributed by atoms with Crippen LogP contribution in [0.2, 0.25) is 0 Å². The van der Waals surface area contributed by atoms with E-state index in [0.29, 0.717) is 24.3 Å². The summed E-state index contributed by atoms with van der Waals surface area (Å²) in [5.74, 6) is 1.24. The lowest BCUT2D eigenvalue weighted by Gasteiger charge is -2.32. The van der Waals surface area contributed by atoms with Crippen molar-refractivity contribution in [1.29, 1.82) is 0 Å². The average Bonchev–Trinajstić information content (AvgIpc) is 2.16. The number of hydrogen-bond donors (Lipinski definition) is 3. The van der Waals surface area contributed by atoms with E-state index >= 15 is 0 Å². The fourth-order valence-corrected chi connectivity index (χ4v) is 2.19. The van der Waals surface area contributed by atoms with E-state index in [1.54, 1.807) is 0 Å². The Morgan fingerprint density at radius 2 is 1.33 bits per heavy atom. The van der Waals surface area contributed by atoms with Crippen molar-refractivity contribution in [1.82, 2.24) is 0 Å². The Bertz CT molecular complexity index is 99.9. The van der Waals surface area contributed by atoms with Crippen LogP contribution < -0.4 is 5.73 Å². The summed E-state index contributed by atoms with van der Waals surface area (Å²) in [4.78, 5) is 0. The molecule has 1 rings (SSSR count). The molecule has 72 valence electrons. The van der Waals surface area contributed by atoms with Crippen molar-refractivity contribution in [2.24, 2.45) is 23.5 Å². The van der Waals surface area contributed by atoms with Crippen LogP contribution in [-0.4, -0.2) is 30.0 Å². The molecule has 0 amide bonds. The minimum Gasteiger partial charge on any atom is -0.396 e. The summed E-state index contributed by atoms with van der Waals surface area (Å²) in [6.45, 7) is 1.17. The molecule has 12 heavy (non-hydrogen) atoms. The maximum Gasteiger partial charge on any atom is 0.0459 e. The molecule has 0 aromatic heterocycles. The summed E-state index contributed by atoms with van der Waals surface area (Å²) >= 11 is 0. The van der Waals surface area contributed by atoms with Crippen LogP contribution in [0.1, 0.15) is 19.3 Å². The highest BCUT2D eigenvalue weighted by molar-refractivity contribution is 4.78. The van der Waals surface area contributed by atoms with Gasteiger partial charge in [-0.1, -0.05) is 0 Å². The molecule has 0 saturated heterocycles. The lowest BCUT2D eigenvalue weighted by Crippen LogP contribution is -2.30. The van der Waals surface area contributed by atoms with Gasteiger partial charge in [-0.2, -0.15) is 0 Å². The van der Waals surface area contributed by atoms with E-state index in [-0.39, 0.29) is 13.2 Å². The van der Waals surface area contributed by atoms with Gasteiger partial charge in [0.05, 0.1) is 0 Å². The van der Waals surface area contributed by atoms with E-state index < -0.39 is 0 Å². The fourth-order valence-electron chi connectivity index (χ4n) is 2.19. The third-order valence-electron chi connectivity index (χ3n) is 2.85. The van der Waals surface area contributed by atoms with E-state index in [1.807, 2.05) is 0 Å². The van der Waals surface area contributed by atoms with Crippen LogP contribution in [0.25, 0.3) is 0 Å². The Kier molecular flexibility index (Phi) is 3.98. The Morgan fingerprint density at radius 1 is 0.917 bits per heavy atom. The summed E-state index contributed by atoms with van der Waals surface area (Å²) in [7, 11) is 0. The first kappa shape index (κ1) is 9.96. The van der Waals surface area contributed by atoms with E-state index in [2.05, 4.69) is 0 Å². The number of rotatable bonds is 3. The zero-order chi connectivity index (χ0) is 8.97. The predicted molar refractivity (Wildman–Crippen MR) is 47.5 cm³/mol. The van der Waals surface area contributed by atoms with Gasteiger partial charge in [0.2, 0.25) is 0 Å². The monoisotopic (exact) mass is 173 g/mol. The molecule has 1 fully saturated rings. The van der Waals surface area contributed by atoms with Gasteiger partial charge in [0.15, 0.2) is 0 Å². The first-order valence-corrected chi connectivity index (χ1v) is 4.71. The molecule has 0 unspecified atom stereocenters. The Labute approximate surface area is 73.6 Å². The zero-order valence-corrected chi connectivity index (χ0v) is 7.45. The fraction of sp³-hybridized carbons (Fsp3) is 1.00. The second kappa shape index (κ2) is 4.80. The molecule has 1 aliphatic carbocycles. The van der Waals surface area contributed by atoms with Crippen LogP contribution in [0.3, 0.4) is 0 Å². The average molecular weight is 173 g/mol. The van der Waals surface area contributed by atoms with Crippen molar-refractivity contribution in [2.45, 2.75) is 19.3 Å². The van der Waals surface area contributed by atoms with Gasteiger partial charge in [-0.05, 0) is 43.6 Å². The second-order valence-electron chi connectivity index (χ2n) is 3.91. The van der Waals surface area contributed by atoms with Gasteiger partial charge in [-0.15, -0.1) is 0 Å². The van der Waals surface area contributed by atoms with Crippen molar-refractivity contribution in [3.63, 3.8) is 0 Å². The Hall–Kier alpha value is -0.120. The van der Waals surface area contributed by atoms with Crippen LogP contribution in [0.15, 0.2) is 0 Å². The molecule has 0 aromatic carbocycles. The Morgan fingerprint density at radius 3 is 1.67 bits per heavy atom. The van der Waals surface area contributed by atoms with Crippen molar-refractivity contribution < 1.29 is 10.2 Å². The maximum absolute atomic E-state index is 9.00. The molecule has 4 N–H and O–H groups in total.